The van der Waals surface area contributed by atoms with Crippen molar-refractivity contribution in [1.29, 1.82) is 0 Å². The van der Waals surface area contributed by atoms with E-state index in [0.717, 1.165) is 16.8 Å². The second-order valence-corrected chi connectivity index (χ2v) is 9.17. The van der Waals surface area contributed by atoms with E-state index in [1.54, 1.807) is 18.3 Å². The van der Waals surface area contributed by atoms with E-state index in [1.165, 1.54) is 37.8 Å². The van der Waals surface area contributed by atoms with Crippen molar-refractivity contribution in [1.82, 2.24) is 4.57 Å². The van der Waals surface area contributed by atoms with Crippen LogP contribution < -0.4 is 0 Å². The van der Waals surface area contributed by atoms with Gasteiger partial charge in [0.25, 0.3) is 0 Å². The topological polar surface area (TPSA) is 22.0 Å². The van der Waals surface area contributed by atoms with Crippen LogP contribution in [-0.2, 0) is 0 Å². The zero-order valence-corrected chi connectivity index (χ0v) is 19.0. The van der Waals surface area contributed by atoms with Gasteiger partial charge in [0.1, 0.15) is 0 Å². The van der Waals surface area contributed by atoms with Crippen LogP contribution in [0.2, 0.25) is 0 Å². The molecule has 6 aromatic rings. The highest BCUT2D eigenvalue weighted by atomic mass is 32.1. The average Bonchev–Trinajstić information content (AvgIpc) is 3.49. The van der Waals surface area contributed by atoms with Crippen LogP contribution in [0.3, 0.4) is 0 Å². The molecule has 0 amide bonds. The third kappa shape index (κ3) is 3.38. The van der Waals surface area contributed by atoms with Crippen LogP contribution in [0.1, 0.15) is 17.3 Å². The second-order valence-electron chi connectivity index (χ2n) is 8.26. The summed E-state index contributed by atoms with van der Waals surface area (Å²) in [6.07, 6.45) is 0. The van der Waals surface area contributed by atoms with Gasteiger partial charge < -0.3 is 4.57 Å². The van der Waals surface area contributed by atoms with Gasteiger partial charge in [-0.15, -0.1) is 11.3 Å². The van der Waals surface area contributed by atoms with E-state index in [9.17, 15) is 4.79 Å². The number of aromatic nitrogens is 1. The highest BCUT2D eigenvalue weighted by Crippen LogP contribution is 2.39. The number of rotatable bonds is 4. The summed E-state index contributed by atoms with van der Waals surface area (Å²) in [5.41, 5.74) is 7.68. The molecule has 0 atom stereocenters. The summed E-state index contributed by atoms with van der Waals surface area (Å²) in [6.45, 7) is 1.61. The molecule has 3 heteroatoms. The molecule has 0 spiro atoms. The highest BCUT2D eigenvalue weighted by molar-refractivity contribution is 7.17. The fourth-order valence-electron chi connectivity index (χ4n) is 4.53. The quantitative estimate of drug-likeness (QED) is 0.250. The molecule has 0 saturated heterocycles. The van der Waals surface area contributed by atoms with Crippen molar-refractivity contribution in [3.63, 3.8) is 0 Å². The van der Waals surface area contributed by atoms with Crippen molar-refractivity contribution in [2.24, 2.45) is 0 Å². The third-order valence-electron chi connectivity index (χ3n) is 6.18. The van der Waals surface area contributed by atoms with Crippen LogP contribution in [0, 0.1) is 0 Å². The van der Waals surface area contributed by atoms with Gasteiger partial charge in [0.05, 0.1) is 21.6 Å². The number of carbonyl (C=O) groups is 1. The van der Waals surface area contributed by atoms with E-state index in [1.807, 2.05) is 24.3 Å². The number of nitrogens with zero attached hydrogens (tertiary/aromatic N) is 1. The molecule has 0 bridgehead atoms. The molecule has 0 unspecified atom stereocenters. The number of fused-ring (bicyclic) bond motifs is 2. The number of para-hydroxylation sites is 1. The van der Waals surface area contributed by atoms with Crippen molar-refractivity contribution < 1.29 is 4.79 Å². The largest absolute Gasteiger partial charge is 0.308 e. The number of carbonyl (C=O) groups excluding carboxylic acids is 1. The standard InChI is InChI=1S/C30H21NOS/c1-20(32)21-11-13-23(14-12-21)28-18-24-9-5-6-10-27(24)31(28)29-19-26(22-7-3-2-4-8-22)17-25-15-16-33-30(25)29/h2-19H,1H3/i16+1. The van der Waals surface area contributed by atoms with Crippen LogP contribution >= 0.6 is 11.3 Å². The minimum absolute atomic E-state index is 0.0814. The summed E-state index contributed by atoms with van der Waals surface area (Å²) in [5, 5.41) is 4.60. The van der Waals surface area contributed by atoms with E-state index in [2.05, 4.69) is 88.8 Å². The molecule has 0 fully saturated rings. The van der Waals surface area contributed by atoms with Gasteiger partial charge in [0, 0.05) is 10.9 Å². The third-order valence-corrected chi connectivity index (χ3v) is 7.13. The molecule has 0 aliphatic carbocycles. The Kier molecular flexibility index (Phi) is 4.70. The molecule has 0 aliphatic rings. The Balaban J connectivity index is 1.66. The van der Waals surface area contributed by atoms with Crippen LogP contribution in [-0.4, -0.2) is 10.4 Å². The molecule has 0 radical (unpaired) electrons. The fraction of sp³-hybridized carbons (Fsp3) is 0.0333. The maximum absolute atomic E-state index is 11.8. The fourth-order valence-corrected chi connectivity index (χ4v) is 5.41. The van der Waals surface area contributed by atoms with Crippen LogP contribution in [0.15, 0.2) is 109 Å². The van der Waals surface area contributed by atoms with Crippen molar-refractivity contribution in [3.8, 4) is 28.1 Å². The van der Waals surface area contributed by atoms with Gasteiger partial charge in [-0.05, 0) is 64.7 Å². The molecule has 0 saturated carbocycles. The Bertz CT molecular complexity index is 1620. The molecule has 0 aliphatic heterocycles. The van der Waals surface area contributed by atoms with Gasteiger partial charge >= 0.3 is 0 Å². The smallest absolute Gasteiger partial charge is 0.159 e. The van der Waals surface area contributed by atoms with Crippen LogP contribution in [0.4, 0.5) is 0 Å². The molecule has 6 rings (SSSR count). The van der Waals surface area contributed by atoms with Crippen molar-refractivity contribution in [2.45, 2.75) is 6.92 Å². The van der Waals surface area contributed by atoms with Crippen molar-refractivity contribution in [2.75, 3.05) is 0 Å². The molecule has 4 aromatic carbocycles. The number of ketones is 1. The average molecular weight is 445 g/mol. The first-order chi connectivity index (χ1) is 16.2. The normalized spacial score (nSPS) is 11.3. The maximum Gasteiger partial charge on any atom is 0.159 e. The number of benzene rings is 4. The molecular formula is C30H21NOS. The molecule has 2 aromatic heterocycles. The van der Waals surface area contributed by atoms with Gasteiger partial charge in [0.2, 0.25) is 0 Å². The molecule has 2 nitrogen and oxygen atoms in total. The first-order valence-electron chi connectivity index (χ1n) is 11.0. The van der Waals surface area contributed by atoms with E-state index in [0.29, 0.717) is 0 Å². The van der Waals surface area contributed by atoms with Crippen LogP contribution in [0.5, 0.6) is 0 Å². The van der Waals surface area contributed by atoms with E-state index in [4.69, 9.17) is 0 Å². The SMILES string of the molecule is CC(=O)c1ccc(-c2cc3ccccc3n2-c2cc(-c3ccccc3)cc3c[13cH]sc23)cc1. The summed E-state index contributed by atoms with van der Waals surface area (Å²) in [4.78, 5) is 11.8. The summed E-state index contributed by atoms with van der Waals surface area (Å²) >= 11 is 1.77. The number of thiophene rings is 1. The molecule has 0 N–H and O–H groups in total. The van der Waals surface area contributed by atoms with E-state index >= 15 is 0 Å². The molecule has 33 heavy (non-hydrogen) atoms. The minimum Gasteiger partial charge on any atom is -0.308 e. The van der Waals surface area contributed by atoms with E-state index < -0.39 is 0 Å². The predicted octanol–water partition coefficient (Wildman–Crippen LogP) is 8.38. The lowest BCUT2D eigenvalue weighted by Gasteiger charge is -2.15. The first-order valence-corrected chi connectivity index (χ1v) is 11.9. The van der Waals surface area contributed by atoms with Gasteiger partial charge in [0.15, 0.2) is 5.78 Å². The number of hydrogen-bond acceptors (Lipinski definition) is 2. The molecular weight excluding hydrogens is 423 g/mol. The zero-order valence-electron chi connectivity index (χ0n) is 18.2. The Morgan fingerprint density at radius 2 is 1.45 bits per heavy atom. The number of Topliss-reactive ketones (excluding diaryl/α,β-unsaturated/α-hetero) is 1. The Labute approximate surface area is 196 Å². The van der Waals surface area contributed by atoms with Gasteiger partial charge in [-0.3, -0.25) is 4.79 Å². The highest BCUT2D eigenvalue weighted by Gasteiger charge is 2.17. The lowest BCUT2D eigenvalue weighted by molar-refractivity contribution is 0.101. The summed E-state index contributed by atoms with van der Waals surface area (Å²) in [6, 6.07) is 36.0. The molecule has 158 valence electrons. The minimum atomic E-state index is 0.0814. The lowest BCUT2D eigenvalue weighted by atomic mass is 10.0. The Hall–Kier alpha value is -3.95. The van der Waals surface area contributed by atoms with Gasteiger partial charge in [-0.1, -0.05) is 72.8 Å². The Morgan fingerprint density at radius 1 is 0.697 bits per heavy atom. The Morgan fingerprint density at radius 3 is 2.24 bits per heavy atom. The lowest BCUT2D eigenvalue weighted by Crippen LogP contribution is -1.98. The van der Waals surface area contributed by atoms with Crippen molar-refractivity contribution in [3.05, 3.63) is 114 Å². The first kappa shape index (κ1) is 19.7. The van der Waals surface area contributed by atoms with Crippen molar-refractivity contribution >= 4 is 38.1 Å². The predicted molar refractivity (Wildman–Crippen MR) is 140 cm³/mol. The van der Waals surface area contributed by atoms with Gasteiger partial charge in [-0.2, -0.15) is 0 Å². The molecule has 2 heterocycles. The summed E-state index contributed by atoms with van der Waals surface area (Å²) < 4.78 is 3.63. The summed E-state index contributed by atoms with van der Waals surface area (Å²) in [7, 11) is 0. The van der Waals surface area contributed by atoms with Gasteiger partial charge in [-0.25, -0.2) is 0 Å². The number of hydrogen-bond donors (Lipinski definition) is 0. The van der Waals surface area contributed by atoms with Crippen LogP contribution in [0.25, 0.3) is 49.1 Å². The summed E-state index contributed by atoms with van der Waals surface area (Å²) in [5.74, 6) is 0.0814. The van der Waals surface area contributed by atoms with E-state index in [-0.39, 0.29) is 5.78 Å². The maximum atomic E-state index is 11.8. The monoisotopic (exact) mass is 444 g/mol. The zero-order chi connectivity index (χ0) is 22.4. The second kappa shape index (κ2) is 7.88.